The number of pyridine rings is 1. The number of aromatic nitrogens is 2. The molecule has 0 aliphatic rings. The van der Waals surface area contributed by atoms with E-state index >= 15 is 0 Å². The Hall–Kier alpha value is -1.91. The van der Waals surface area contributed by atoms with E-state index < -0.39 is 0 Å². The third kappa shape index (κ3) is 0.701. The average molecular weight is 163 g/mol. The minimum Gasteiger partial charge on any atom is -0.397 e. The summed E-state index contributed by atoms with van der Waals surface area (Å²) in [6.45, 7) is 0. The summed E-state index contributed by atoms with van der Waals surface area (Å²) in [6.07, 6.45) is 3.21. The Labute approximate surface area is 68.7 Å². The highest BCUT2D eigenvalue weighted by atomic mass is 15.3. The lowest BCUT2D eigenvalue weighted by Gasteiger charge is -1.96. The topological polar surface area (TPSA) is 95.9 Å². The predicted molar refractivity (Wildman–Crippen MR) is 48.7 cm³/mol. The molecule has 2 aromatic heterocycles. The van der Waals surface area contributed by atoms with Crippen molar-refractivity contribution in [3.63, 3.8) is 0 Å². The van der Waals surface area contributed by atoms with Gasteiger partial charge in [-0.2, -0.15) is 0 Å². The lowest BCUT2D eigenvalue weighted by molar-refractivity contribution is 1.07. The molecule has 0 fully saturated rings. The normalized spacial score (nSPS) is 10.7. The van der Waals surface area contributed by atoms with Gasteiger partial charge < -0.3 is 17.3 Å². The van der Waals surface area contributed by atoms with Crippen LogP contribution in [-0.2, 0) is 0 Å². The molecule has 0 aliphatic carbocycles. The van der Waals surface area contributed by atoms with Gasteiger partial charge in [0.05, 0.1) is 22.8 Å². The van der Waals surface area contributed by atoms with Gasteiger partial charge in [-0.3, -0.25) is 4.68 Å². The number of nitrogen functional groups attached to an aromatic ring is 3. The zero-order valence-electron chi connectivity index (χ0n) is 6.36. The number of fused-ring (bicyclic) bond motifs is 1. The highest BCUT2D eigenvalue weighted by molar-refractivity contribution is 5.99. The number of nitrogens with zero attached hydrogens (tertiary/aromatic N) is 2. The highest BCUT2D eigenvalue weighted by Crippen LogP contribution is 2.25. The molecular weight excluding hydrogens is 154 g/mol. The molecule has 62 valence electrons. The first-order chi connectivity index (χ1) is 5.70. The van der Waals surface area contributed by atoms with E-state index in [2.05, 4.69) is 4.98 Å². The number of hydrogen-bond acceptors (Lipinski definition) is 4. The van der Waals surface area contributed by atoms with Crippen LogP contribution < -0.4 is 17.3 Å². The van der Waals surface area contributed by atoms with Crippen molar-refractivity contribution in [3.05, 3.63) is 18.5 Å². The lowest BCUT2D eigenvalue weighted by Crippen LogP contribution is -2.05. The van der Waals surface area contributed by atoms with Gasteiger partial charge in [-0.05, 0) is 6.07 Å². The van der Waals surface area contributed by atoms with E-state index in [1.165, 1.54) is 4.68 Å². The van der Waals surface area contributed by atoms with Crippen LogP contribution >= 0.6 is 0 Å². The number of anilines is 2. The van der Waals surface area contributed by atoms with Gasteiger partial charge in [0.1, 0.15) is 5.82 Å². The smallest absolute Gasteiger partial charge is 0.134 e. The summed E-state index contributed by atoms with van der Waals surface area (Å²) in [6, 6.07) is 1.77. The van der Waals surface area contributed by atoms with Crippen LogP contribution in [0.15, 0.2) is 18.5 Å². The highest BCUT2D eigenvalue weighted by Gasteiger charge is 2.06. The van der Waals surface area contributed by atoms with E-state index in [0.717, 1.165) is 10.9 Å². The summed E-state index contributed by atoms with van der Waals surface area (Å²) < 4.78 is 1.43. The summed E-state index contributed by atoms with van der Waals surface area (Å²) in [5.74, 6) is 6.01. The van der Waals surface area contributed by atoms with Gasteiger partial charge in [0, 0.05) is 6.20 Å². The molecule has 12 heavy (non-hydrogen) atoms. The summed E-state index contributed by atoms with van der Waals surface area (Å²) in [5, 5.41) is 0.722. The quantitative estimate of drug-likeness (QED) is 0.473. The molecule has 2 aromatic rings. The van der Waals surface area contributed by atoms with Crippen LogP contribution in [0.4, 0.5) is 11.5 Å². The van der Waals surface area contributed by atoms with Crippen molar-refractivity contribution < 1.29 is 0 Å². The predicted octanol–water partition coefficient (Wildman–Crippen LogP) is -0.0855. The first-order valence-corrected chi connectivity index (χ1v) is 3.46. The largest absolute Gasteiger partial charge is 0.397 e. The minimum atomic E-state index is 0.411. The molecule has 0 amide bonds. The molecule has 5 nitrogen and oxygen atoms in total. The molecule has 5 heteroatoms. The van der Waals surface area contributed by atoms with Crippen molar-refractivity contribution in [3.8, 4) is 0 Å². The van der Waals surface area contributed by atoms with Gasteiger partial charge in [0.25, 0.3) is 0 Å². The number of hydrogen-bond donors (Lipinski definition) is 3. The maximum atomic E-state index is 5.66. The maximum absolute atomic E-state index is 5.66. The fourth-order valence-corrected chi connectivity index (χ4v) is 1.26. The van der Waals surface area contributed by atoms with Gasteiger partial charge in [0.2, 0.25) is 0 Å². The Morgan fingerprint density at radius 2 is 2.08 bits per heavy atom. The monoisotopic (exact) mass is 163 g/mol. The molecular formula is C7H9N5. The van der Waals surface area contributed by atoms with E-state index in [1.54, 1.807) is 18.5 Å². The minimum absolute atomic E-state index is 0.411. The maximum Gasteiger partial charge on any atom is 0.134 e. The van der Waals surface area contributed by atoms with Gasteiger partial charge in [-0.15, -0.1) is 0 Å². The molecule has 0 atom stereocenters. The van der Waals surface area contributed by atoms with Crippen LogP contribution in [-0.4, -0.2) is 9.66 Å². The van der Waals surface area contributed by atoms with E-state index in [1.807, 2.05) is 0 Å². The Bertz CT molecular complexity index is 431. The molecule has 0 radical (unpaired) electrons. The van der Waals surface area contributed by atoms with E-state index in [9.17, 15) is 0 Å². The van der Waals surface area contributed by atoms with Gasteiger partial charge >= 0.3 is 0 Å². The van der Waals surface area contributed by atoms with Crippen molar-refractivity contribution in [1.82, 2.24) is 9.66 Å². The number of rotatable bonds is 0. The van der Waals surface area contributed by atoms with Crippen molar-refractivity contribution >= 4 is 22.4 Å². The van der Waals surface area contributed by atoms with Crippen LogP contribution in [0.1, 0.15) is 0 Å². The van der Waals surface area contributed by atoms with Crippen LogP contribution in [0.3, 0.4) is 0 Å². The molecule has 2 rings (SSSR count). The fraction of sp³-hybridized carbons (Fsp3) is 0. The molecule has 0 aromatic carbocycles. The molecule has 0 spiro atoms. The summed E-state index contributed by atoms with van der Waals surface area (Å²) >= 11 is 0. The molecule has 0 aliphatic heterocycles. The third-order valence-corrected chi connectivity index (χ3v) is 1.80. The van der Waals surface area contributed by atoms with Crippen molar-refractivity contribution in [1.29, 1.82) is 0 Å². The first-order valence-electron chi connectivity index (χ1n) is 3.46. The second-order valence-corrected chi connectivity index (χ2v) is 2.58. The zero-order valence-corrected chi connectivity index (χ0v) is 6.36. The van der Waals surface area contributed by atoms with Crippen LogP contribution in [0.2, 0.25) is 0 Å². The van der Waals surface area contributed by atoms with Gasteiger partial charge in [-0.1, -0.05) is 0 Å². The first kappa shape index (κ1) is 6.78. The van der Waals surface area contributed by atoms with Gasteiger partial charge in [0.15, 0.2) is 0 Å². The fourth-order valence-electron chi connectivity index (χ4n) is 1.26. The van der Waals surface area contributed by atoms with Crippen molar-refractivity contribution in [2.24, 2.45) is 0 Å². The second-order valence-electron chi connectivity index (χ2n) is 2.58. The Morgan fingerprint density at radius 1 is 1.33 bits per heavy atom. The van der Waals surface area contributed by atoms with E-state index in [0.29, 0.717) is 11.5 Å². The second kappa shape index (κ2) is 2.04. The summed E-state index contributed by atoms with van der Waals surface area (Å²) in [4.78, 5) is 3.91. The zero-order chi connectivity index (χ0) is 8.72. The van der Waals surface area contributed by atoms with Crippen LogP contribution in [0.5, 0.6) is 0 Å². The molecule has 0 saturated carbocycles. The van der Waals surface area contributed by atoms with E-state index in [4.69, 9.17) is 17.3 Å². The Morgan fingerprint density at radius 3 is 2.75 bits per heavy atom. The molecule has 0 saturated heterocycles. The van der Waals surface area contributed by atoms with Crippen LogP contribution in [0.25, 0.3) is 10.9 Å². The average Bonchev–Trinajstić information content (AvgIpc) is 2.29. The molecule has 0 unspecified atom stereocenters. The summed E-state index contributed by atoms with van der Waals surface area (Å²) in [7, 11) is 0. The van der Waals surface area contributed by atoms with Crippen molar-refractivity contribution in [2.75, 3.05) is 17.3 Å². The van der Waals surface area contributed by atoms with Crippen molar-refractivity contribution in [2.45, 2.75) is 0 Å². The molecule has 6 N–H and O–H groups in total. The van der Waals surface area contributed by atoms with Gasteiger partial charge in [-0.25, -0.2) is 4.98 Å². The number of nitrogens with two attached hydrogens (primary N) is 3. The third-order valence-electron chi connectivity index (χ3n) is 1.80. The standard InChI is InChI=1S/C7H9N5/c8-4-3-12(10)5-1-2-11-7(9)6(4)5/h1-3H,8,10H2,(H2,9,11). The SMILES string of the molecule is Nc1cn(N)c2ccnc(N)c12. The molecule has 2 heterocycles. The Balaban J connectivity index is 2.99. The van der Waals surface area contributed by atoms with Crippen LogP contribution in [0, 0.1) is 0 Å². The van der Waals surface area contributed by atoms with E-state index in [-0.39, 0.29) is 0 Å². The Kier molecular flexibility index (Phi) is 1.15. The summed E-state index contributed by atoms with van der Waals surface area (Å²) in [5.41, 5.74) is 12.6. The molecule has 0 bridgehead atoms. The lowest BCUT2D eigenvalue weighted by atomic mass is 10.3.